The van der Waals surface area contributed by atoms with Gasteiger partial charge in [0.2, 0.25) is 0 Å². The lowest BCUT2D eigenvalue weighted by molar-refractivity contribution is -0.134. The molecule has 2 aromatic rings. The molecule has 2 aliphatic rings. The number of para-hydroxylation sites is 1. The molecular formula is C27H32FN3O5S. The number of aliphatic imine (C=N–C) groups is 1. The SMILES string of the molecule is CN(C1=Nc2ccccc2CS1)C1CCN(CCOCc2ccc(F)cc2)CC1.O=C(O)/C=C/C(=O)O. The summed E-state index contributed by atoms with van der Waals surface area (Å²) in [5, 5.41) is 16.8. The molecule has 0 unspecified atom stereocenters. The predicted molar refractivity (Wildman–Crippen MR) is 143 cm³/mol. The largest absolute Gasteiger partial charge is 0.478 e. The van der Waals surface area contributed by atoms with Crippen molar-refractivity contribution >= 4 is 34.6 Å². The topological polar surface area (TPSA) is 103 Å². The standard InChI is InChI=1S/C23H28FN3OS.C4H4O4/c1-26(23-25-22-5-3-2-4-19(22)17-29-23)21-10-12-27(13-11-21)14-15-28-16-18-6-8-20(24)9-7-18;5-3(6)1-2-4(7)8/h2-9,21H,10-17H2,1H3;1-2H,(H,5,6)(H,7,8)/b;2-1+. The molecule has 0 amide bonds. The zero-order chi connectivity index (χ0) is 26.6. The van der Waals surface area contributed by atoms with Gasteiger partial charge in [0.05, 0.1) is 18.9 Å². The van der Waals surface area contributed by atoms with E-state index >= 15 is 0 Å². The number of thioether (sulfide) groups is 1. The molecule has 0 spiro atoms. The second kappa shape index (κ2) is 14.5. The van der Waals surface area contributed by atoms with Gasteiger partial charge in [-0.2, -0.15) is 0 Å². The molecule has 0 aromatic heterocycles. The van der Waals surface area contributed by atoms with Crippen LogP contribution in [-0.2, 0) is 26.7 Å². The number of aliphatic carboxylic acids is 2. The summed E-state index contributed by atoms with van der Waals surface area (Å²) in [6.45, 7) is 4.36. The minimum absolute atomic E-state index is 0.205. The summed E-state index contributed by atoms with van der Waals surface area (Å²) in [5.74, 6) is -1.72. The van der Waals surface area contributed by atoms with Crippen molar-refractivity contribution in [3.05, 3.63) is 77.6 Å². The summed E-state index contributed by atoms with van der Waals surface area (Å²) in [6, 6.07) is 15.5. The van der Waals surface area contributed by atoms with Gasteiger partial charge in [-0.15, -0.1) is 0 Å². The van der Waals surface area contributed by atoms with Gasteiger partial charge < -0.3 is 24.7 Å². The Morgan fingerprint density at radius 1 is 1.11 bits per heavy atom. The Labute approximate surface area is 220 Å². The van der Waals surface area contributed by atoms with Crippen molar-refractivity contribution in [1.29, 1.82) is 0 Å². The lowest BCUT2D eigenvalue weighted by atomic mass is 10.0. The van der Waals surface area contributed by atoms with Crippen LogP contribution in [0, 0.1) is 5.82 Å². The molecule has 8 nitrogen and oxygen atoms in total. The van der Waals surface area contributed by atoms with E-state index in [4.69, 9.17) is 19.9 Å². The highest BCUT2D eigenvalue weighted by molar-refractivity contribution is 8.13. The molecule has 0 bridgehead atoms. The monoisotopic (exact) mass is 529 g/mol. The molecule has 1 fully saturated rings. The van der Waals surface area contributed by atoms with E-state index in [1.54, 1.807) is 12.1 Å². The molecule has 1 saturated heterocycles. The number of nitrogens with zero attached hydrogens (tertiary/aromatic N) is 3. The van der Waals surface area contributed by atoms with Crippen LogP contribution in [0.15, 0.2) is 65.7 Å². The lowest BCUT2D eigenvalue weighted by Crippen LogP contribution is -2.45. The number of halogens is 1. The first-order valence-electron chi connectivity index (χ1n) is 12.0. The first-order valence-corrected chi connectivity index (χ1v) is 13.0. The molecule has 0 aliphatic carbocycles. The van der Waals surface area contributed by atoms with E-state index in [0.29, 0.717) is 31.4 Å². The van der Waals surface area contributed by atoms with Crippen LogP contribution in [0.2, 0.25) is 0 Å². The number of likely N-dealkylation sites (tertiary alicyclic amines) is 1. The number of amidine groups is 1. The molecule has 4 rings (SSSR count). The number of benzene rings is 2. The first kappa shape index (κ1) is 28.4. The smallest absolute Gasteiger partial charge is 0.328 e. The maximum absolute atomic E-state index is 12.9. The Morgan fingerprint density at radius 2 is 1.76 bits per heavy atom. The zero-order valence-corrected chi connectivity index (χ0v) is 21.6. The van der Waals surface area contributed by atoms with Crippen LogP contribution < -0.4 is 0 Å². The quantitative estimate of drug-likeness (QED) is 0.384. The van der Waals surface area contributed by atoms with E-state index in [2.05, 4.69) is 41.1 Å². The van der Waals surface area contributed by atoms with E-state index in [1.807, 2.05) is 11.8 Å². The van der Waals surface area contributed by atoms with Crippen LogP contribution in [0.5, 0.6) is 0 Å². The van der Waals surface area contributed by atoms with E-state index in [1.165, 1.54) is 17.7 Å². The Bertz CT molecular complexity index is 1090. The van der Waals surface area contributed by atoms with Crippen LogP contribution >= 0.6 is 11.8 Å². The number of ether oxygens (including phenoxy) is 1. The zero-order valence-electron chi connectivity index (χ0n) is 20.8. The van der Waals surface area contributed by atoms with E-state index in [9.17, 15) is 14.0 Å². The van der Waals surface area contributed by atoms with Gasteiger partial charge in [-0.05, 0) is 42.2 Å². The second-order valence-corrected chi connectivity index (χ2v) is 9.63. The van der Waals surface area contributed by atoms with Crippen LogP contribution in [0.25, 0.3) is 0 Å². The minimum atomic E-state index is -1.26. The average molecular weight is 530 g/mol. The molecule has 10 heteroatoms. The maximum atomic E-state index is 12.9. The summed E-state index contributed by atoms with van der Waals surface area (Å²) in [5.41, 5.74) is 3.45. The van der Waals surface area contributed by atoms with E-state index in [0.717, 1.165) is 54.6 Å². The minimum Gasteiger partial charge on any atom is -0.478 e. The summed E-state index contributed by atoms with van der Waals surface area (Å²) in [7, 11) is 2.19. The molecule has 2 aromatic carbocycles. The normalized spacial score (nSPS) is 15.9. The highest BCUT2D eigenvalue weighted by atomic mass is 32.2. The summed E-state index contributed by atoms with van der Waals surface area (Å²) >= 11 is 1.84. The van der Waals surface area contributed by atoms with Gasteiger partial charge in [-0.3, -0.25) is 0 Å². The van der Waals surface area contributed by atoms with Gasteiger partial charge in [0, 0.05) is 50.6 Å². The lowest BCUT2D eigenvalue weighted by Gasteiger charge is -2.38. The molecule has 0 radical (unpaired) electrons. The third kappa shape index (κ3) is 9.64. The maximum Gasteiger partial charge on any atom is 0.328 e. The van der Waals surface area contributed by atoms with Gasteiger partial charge in [0.25, 0.3) is 0 Å². The van der Waals surface area contributed by atoms with Crippen molar-refractivity contribution in [3.63, 3.8) is 0 Å². The fraction of sp³-hybridized carbons (Fsp3) is 0.370. The molecule has 0 saturated carbocycles. The fourth-order valence-electron chi connectivity index (χ4n) is 3.99. The Hall–Kier alpha value is -3.21. The van der Waals surface area contributed by atoms with E-state index in [-0.39, 0.29) is 5.82 Å². The number of hydrogen-bond acceptors (Lipinski definition) is 7. The molecule has 2 N–H and O–H groups in total. The van der Waals surface area contributed by atoms with Crippen molar-refractivity contribution in [3.8, 4) is 0 Å². The number of carbonyl (C=O) groups is 2. The van der Waals surface area contributed by atoms with Crippen molar-refractivity contribution < 1.29 is 28.9 Å². The molecule has 2 aliphatic heterocycles. The molecule has 0 atom stereocenters. The van der Waals surface area contributed by atoms with Gasteiger partial charge in [0.1, 0.15) is 5.82 Å². The van der Waals surface area contributed by atoms with Gasteiger partial charge in [0.15, 0.2) is 5.17 Å². The number of carboxylic acid groups (broad SMARTS) is 2. The molecule has 198 valence electrons. The number of piperidine rings is 1. The van der Waals surface area contributed by atoms with Crippen molar-refractivity contribution in [1.82, 2.24) is 9.80 Å². The number of hydrogen-bond donors (Lipinski definition) is 2. The van der Waals surface area contributed by atoms with Crippen molar-refractivity contribution in [2.45, 2.75) is 31.2 Å². The predicted octanol–water partition coefficient (Wildman–Crippen LogP) is 4.38. The fourth-order valence-corrected chi connectivity index (χ4v) is 5.04. The third-order valence-corrected chi connectivity index (χ3v) is 7.17. The number of fused-ring (bicyclic) bond motifs is 1. The van der Waals surface area contributed by atoms with Gasteiger partial charge >= 0.3 is 11.9 Å². The third-order valence-electron chi connectivity index (χ3n) is 6.07. The Kier molecular flexibility index (Phi) is 11.1. The molecular weight excluding hydrogens is 497 g/mol. The van der Waals surface area contributed by atoms with Crippen molar-refractivity contribution in [2.75, 3.05) is 33.3 Å². The van der Waals surface area contributed by atoms with Crippen LogP contribution in [0.1, 0.15) is 24.0 Å². The Morgan fingerprint density at radius 3 is 2.41 bits per heavy atom. The highest BCUT2D eigenvalue weighted by Crippen LogP contribution is 2.32. The summed E-state index contributed by atoms with van der Waals surface area (Å²) < 4.78 is 18.7. The Balaban J connectivity index is 0.000000414. The van der Waals surface area contributed by atoms with Crippen LogP contribution in [0.3, 0.4) is 0 Å². The first-order chi connectivity index (χ1) is 17.8. The van der Waals surface area contributed by atoms with E-state index < -0.39 is 11.9 Å². The van der Waals surface area contributed by atoms with Gasteiger partial charge in [-0.1, -0.05) is 42.1 Å². The highest BCUT2D eigenvalue weighted by Gasteiger charge is 2.26. The van der Waals surface area contributed by atoms with Crippen molar-refractivity contribution in [2.24, 2.45) is 4.99 Å². The average Bonchev–Trinajstić information content (AvgIpc) is 2.91. The second-order valence-electron chi connectivity index (χ2n) is 8.68. The molecule has 2 heterocycles. The molecule has 37 heavy (non-hydrogen) atoms. The van der Waals surface area contributed by atoms with Crippen LogP contribution in [0.4, 0.5) is 10.1 Å². The van der Waals surface area contributed by atoms with Crippen LogP contribution in [-0.4, -0.2) is 76.4 Å². The number of carboxylic acids is 2. The summed E-state index contributed by atoms with van der Waals surface area (Å²) in [6.07, 6.45) is 3.41. The number of rotatable bonds is 8. The summed E-state index contributed by atoms with van der Waals surface area (Å²) in [4.78, 5) is 28.8. The van der Waals surface area contributed by atoms with Gasteiger partial charge in [-0.25, -0.2) is 19.0 Å².